The van der Waals surface area contributed by atoms with Gasteiger partial charge in [-0.2, -0.15) is 0 Å². The van der Waals surface area contributed by atoms with Gasteiger partial charge >= 0.3 is 0 Å². The van der Waals surface area contributed by atoms with E-state index in [1.807, 2.05) is 0 Å². The standard InChI is InChI=1S/C30H50/c1-22(2)12-9-13-23(3)14-10-15-25-24(4)16-17-27-29(25,7)21-18-26-28(5,6)19-11-20-30(26,27)8/h12,14,25-27H,4,9-11,13,15-21H2,1-3,5-8H3/b23-14+/t25-,26+,27+,29+,30+/m1/s1. The number of hydrogen-bond donors (Lipinski definition) is 0. The largest absolute Gasteiger partial charge is 0.0996 e. The van der Waals surface area contributed by atoms with Crippen LogP contribution in [0.5, 0.6) is 0 Å². The van der Waals surface area contributed by atoms with Crippen molar-refractivity contribution in [2.45, 2.75) is 119 Å². The zero-order chi connectivity index (χ0) is 22.2. The van der Waals surface area contributed by atoms with Crippen LogP contribution in [0.4, 0.5) is 0 Å². The molecule has 30 heavy (non-hydrogen) atoms. The Morgan fingerprint density at radius 3 is 2.33 bits per heavy atom. The first kappa shape index (κ1) is 23.9. The molecule has 3 rings (SSSR count). The zero-order valence-electron chi connectivity index (χ0n) is 21.4. The van der Waals surface area contributed by atoms with Gasteiger partial charge < -0.3 is 0 Å². The molecule has 0 aromatic heterocycles. The highest BCUT2D eigenvalue weighted by Gasteiger charge is 2.60. The molecule has 0 aromatic rings. The molecule has 0 heteroatoms. The number of rotatable bonds is 6. The van der Waals surface area contributed by atoms with Crippen molar-refractivity contribution >= 4 is 0 Å². The van der Waals surface area contributed by atoms with E-state index >= 15 is 0 Å². The van der Waals surface area contributed by atoms with Crippen molar-refractivity contribution in [3.8, 4) is 0 Å². The van der Waals surface area contributed by atoms with E-state index in [4.69, 9.17) is 0 Å². The molecule has 0 unspecified atom stereocenters. The number of allylic oxidation sites excluding steroid dienone is 5. The van der Waals surface area contributed by atoms with Crippen LogP contribution >= 0.6 is 0 Å². The van der Waals surface area contributed by atoms with Gasteiger partial charge in [0.1, 0.15) is 0 Å². The Morgan fingerprint density at radius 2 is 1.63 bits per heavy atom. The lowest BCUT2D eigenvalue weighted by Gasteiger charge is -2.66. The minimum atomic E-state index is 0.470. The lowest BCUT2D eigenvalue weighted by molar-refractivity contribution is -0.153. The maximum atomic E-state index is 4.63. The van der Waals surface area contributed by atoms with E-state index in [9.17, 15) is 0 Å². The van der Waals surface area contributed by atoms with Gasteiger partial charge in [-0.15, -0.1) is 0 Å². The van der Waals surface area contributed by atoms with E-state index in [2.05, 4.69) is 67.2 Å². The van der Waals surface area contributed by atoms with E-state index in [-0.39, 0.29) is 0 Å². The molecule has 170 valence electrons. The highest BCUT2D eigenvalue weighted by molar-refractivity contribution is 5.19. The molecule has 0 radical (unpaired) electrons. The molecule has 3 aliphatic rings. The summed E-state index contributed by atoms with van der Waals surface area (Å²) in [6.07, 6.45) is 19.7. The van der Waals surface area contributed by atoms with Crippen molar-refractivity contribution < 1.29 is 0 Å². The monoisotopic (exact) mass is 410 g/mol. The molecule has 0 amide bonds. The van der Waals surface area contributed by atoms with Crippen molar-refractivity contribution in [3.63, 3.8) is 0 Å². The van der Waals surface area contributed by atoms with Crippen LogP contribution in [0.3, 0.4) is 0 Å². The lowest BCUT2D eigenvalue weighted by atomic mass is 9.39. The molecule has 3 aliphatic carbocycles. The zero-order valence-corrected chi connectivity index (χ0v) is 21.4. The van der Waals surface area contributed by atoms with Gasteiger partial charge in [0.2, 0.25) is 0 Å². The van der Waals surface area contributed by atoms with Crippen LogP contribution in [0.15, 0.2) is 35.5 Å². The highest BCUT2D eigenvalue weighted by atomic mass is 14.6. The first-order valence-corrected chi connectivity index (χ1v) is 13.0. The Bertz CT molecular complexity index is 685. The second-order valence-corrected chi connectivity index (χ2v) is 12.7. The van der Waals surface area contributed by atoms with Crippen LogP contribution in [-0.2, 0) is 0 Å². The molecule has 0 bridgehead atoms. The second-order valence-electron chi connectivity index (χ2n) is 12.7. The van der Waals surface area contributed by atoms with E-state index in [0.717, 1.165) is 17.8 Å². The third-order valence-corrected chi connectivity index (χ3v) is 9.92. The SMILES string of the molecule is C=C1CC[C@H]2[C@@](C)(CC[C@H]3C(C)(C)CCC[C@]23C)[C@@H]1CC/C=C(\C)CCC=C(C)C. The Morgan fingerprint density at radius 1 is 0.900 bits per heavy atom. The summed E-state index contributed by atoms with van der Waals surface area (Å²) in [6.45, 7) is 21.9. The molecule has 5 atom stereocenters. The maximum absolute atomic E-state index is 4.63. The molecule has 0 nitrogen and oxygen atoms in total. The van der Waals surface area contributed by atoms with Gasteiger partial charge in [0, 0.05) is 0 Å². The smallest absolute Gasteiger partial charge is 0.0146 e. The van der Waals surface area contributed by atoms with E-state index in [0.29, 0.717) is 16.2 Å². The molecule has 3 saturated carbocycles. The van der Waals surface area contributed by atoms with Crippen molar-refractivity contribution in [1.29, 1.82) is 0 Å². The first-order valence-electron chi connectivity index (χ1n) is 13.0. The van der Waals surface area contributed by atoms with Crippen LogP contribution in [0.2, 0.25) is 0 Å². The average molecular weight is 411 g/mol. The van der Waals surface area contributed by atoms with Crippen molar-refractivity contribution in [3.05, 3.63) is 35.5 Å². The summed E-state index contributed by atoms with van der Waals surface area (Å²) >= 11 is 0. The number of hydrogen-bond acceptors (Lipinski definition) is 0. The molecule has 0 aromatic carbocycles. The van der Waals surface area contributed by atoms with Gasteiger partial charge in [0.25, 0.3) is 0 Å². The fourth-order valence-corrected chi connectivity index (χ4v) is 8.45. The van der Waals surface area contributed by atoms with E-state index in [1.165, 1.54) is 76.2 Å². The molecular formula is C30H50. The quantitative estimate of drug-likeness (QED) is 0.382. The molecule has 0 aliphatic heterocycles. The molecule has 3 fully saturated rings. The van der Waals surface area contributed by atoms with Gasteiger partial charge in [0.05, 0.1) is 0 Å². The summed E-state index contributed by atoms with van der Waals surface area (Å²) < 4.78 is 0. The van der Waals surface area contributed by atoms with Crippen molar-refractivity contribution in [2.75, 3.05) is 0 Å². The fraction of sp³-hybridized carbons (Fsp3) is 0.800. The normalized spacial score (nSPS) is 38.6. The van der Waals surface area contributed by atoms with Gasteiger partial charge in [0.15, 0.2) is 0 Å². The topological polar surface area (TPSA) is 0 Å². The third-order valence-electron chi connectivity index (χ3n) is 9.92. The summed E-state index contributed by atoms with van der Waals surface area (Å²) in [7, 11) is 0. The van der Waals surface area contributed by atoms with Crippen LogP contribution < -0.4 is 0 Å². The Hall–Kier alpha value is -0.780. The van der Waals surface area contributed by atoms with Crippen LogP contribution in [0.25, 0.3) is 0 Å². The minimum Gasteiger partial charge on any atom is -0.0996 e. The minimum absolute atomic E-state index is 0.470. The first-order chi connectivity index (χ1) is 14.0. The molecule has 0 saturated heterocycles. The van der Waals surface area contributed by atoms with Crippen LogP contribution in [0, 0.1) is 34.0 Å². The second kappa shape index (κ2) is 8.99. The Balaban J connectivity index is 1.72. The van der Waals surface area contributed by atoms with E-state index in [1.54, 1.807) is 11.1 Å². The van der Waals surface area contributed by atoms with Gasteiger partial charge in [-0.3, -0.25) is 0 Å². The maximum Gasteiger partial charge on any atom is -0.0146 e. The van der Waals surface area contributed by atoms with E-state index < -0.39 is 0 Å². The highest BCUT2D eigenvalue weighted by Crippen LogP contribution is 2.69. The molecule has 0 heterocycles. The average Bonchev–Trinajstić information content (AvgIpc) is 2.62. The Kier molecular flexibility index (Phi) is 7.16. The third kappa shape index (κ3) is 4.54. The summed E-state index contributed by atoms with van der Waals surface area (Å²) in [6, 6.07) is 0. The summed E-state index contributed by atoms with van der Waals surface area (Å²) in [4.78, 5) is 0. The van der Waals surface area contributed by atoms with Crippen LogP contribution in [0.1, 0.15) is 119 Å². The van der Waals surface area contributed by atoms with Gasteiger partial charge in [-0.1, -0.05) is 69.6 Å². The van der Waals surface area contributed by atoms with Crippen molar-refractivity contribution in [2.24, 2.45) is 34.0 Å². The Labute approximate surface area is 188 Å². The van der Waals surface area contributed by atoms with Crippen LogP contribution in [-0.4, -0.2) is 0 Å². The summed E-state index contributed by atoms with van der Waals surface area (Å²) in [5.74, 6) is 2.53. The van der Waals surface area contributed by atoms with Gasteiger partial charge in [-0.25, -0.2) is 0 Å². The predicted octanol–water partition coefficient (Wildman–Crippen LogP) is 9.67. The molecular weight excluding hydrogens is 360 g/mol. The lowest BCUT2D eigenvalue weighted by Crippen LogP contribution is -2.58. The fourth-order valence-electron chi connectivity index (χ4n) is 8.45. The predicted molar refractivity (Wildman–Crippen MR) is 134 cm³/mol. The molecule has 0 spiro atoms. The van der Waals surface area contributed by atoms with Gasteiger partial charge in [-0.05, 0) is 119 Å². The number of fused-ring (bicyclic) bond motifs is 3. The summed E-state index contributed by atoms with van der Waals surface area (Å²) in [5.41, 5.74) is 6.13. The summed E-state index contributed by atoms with van der Waals surface area (Å²) in [5, 5.41) is 0. The van der Waals surface area contributed by atoms with Crippen molar-refractivity contribution in [1.82, 2.24) is 0 Å². The molecule has 0 N–H and O–H groups in total.